The molecule has 1 aliphatic heterocycles. The number of hydrogen-bond acceptors (Lipinski definition) is 4. The monoisotopic (exact) mass is 941 g/mol. The Balaban J connectivity index is 1.17. The highest BCUT2D eigenvalue weighted by atomic mass is 16.5. The molecule has 8 aromatic rings. The molecule has 1 aliphatic rings. The third kappa shape index (κ3) is 9.41. The SMILES string of the molecule is CC(C)(C)C1=C(C(C)(C)C)N(c2cc(C(C)(C)C)cc(C(C)(C)c3ccccc3)c2)CN1c1cc(Oc2ccc3c4ccccc4n(-c4cc(C(C)(C)c5ccccc5)ccn4)c3c2)cc(C(C)(C)C)c1. The average Bonchev–Trinajstić information content (AvgIpc) is 3.90. The van der Waals surface area contributed by atoms with E-state index in [4.69, 9.17) is 9.72 Å². The molecule has 0 radical (unpaired) electrons. The predicted molar refractivity (Wildman–Crippen MR) is 302 cm³/mol. The van der Waals surface area contributed by atoms with Gasteiger partial charge >= 0.3 is 0 Å². The summed E-state index contributed by atoms with van der Waals surface area (Å²) in [6, 6.07) is 55.5. The van der Waals surface area contributed by atoms with Gasteiger partial charge in [0.05, 0.1) is 17.7 Å². The molecule has 9 rings (SSSR count). The molecule has 0 aliphatic carbocycles. The topological polar surface area (TPSA) is 33.5 Å². The standard InChI is InChI=1S/C66H76N4O/c1-61(2,3)47-35-49(66(15,16)45-27-21-18-22-28-45)38-50(36-47)68-43-69(60(64(10,11)12)59(68)63(7,8)9)51-37-48(62(4,5)6)39-53(41-51)71-52-31-32-55-54-29-23-24-30-56(54)70(57(55)42-52)58-40-46(33-34-67-58)65(13,14)44-25-19-17-20-26-44/h17-42H,43H2,1-16H3. The average molecular weight is 941 g/mol. The van der Waals surface area contributed by atoms with Crippen molar-refractivity contribution in [3.05, 3.63) is 203 Å². The number of aromatic nitrogens is 2. The zero-order valence-corrected chi connectivity index (χ0v) is 45.4. The second-order valence-corrected chi connectivity index (χ2v) is 25.2. The molecule has 0 saturated heterocycles. The molecule has 0 spiro atoms. The largest absolute Gasteiger partial charge is 0.457 e. The Morgan fingerprint density at radius 1 is 0.380 bits per heavy atom. The van der Waals surface area contributed by atoms with Gasteiger partial charge in [-0.25, -0.2) is 4.98 Å². The Morgan fingerprint density at radius 3 is 1.44 bits per heavy atom. The lowest BCUT2D eigenvalue weighted by molar-refractivity contribution is 0.444. The third-order valence-electron chi connectivity index (χ3n) is 14.9. The summed E-state index contributed by atoms with van der Waals surface area (Å²) in [4.78, 5) is 10.2. The van der Waals surface area contributed by atoms with Crippen LogP contribution in [0.15, 0.2) is 169 Å². The van der Waals surface area contributed by atoms with Crippen molar-refractivity contribution in [2.45, 2.75) is 132 Å². The van der Waals surface area contributed by atoms with Crippen LogP contribution in [0.5, 0.6) is 11.5 Å². The fraction of sp³-hybridized carbons (Fsp3) is 0.348. The molecule has 2 aromatic heterocycles. The van der Waals surface area contributed by atoms with Crippen molar-refractivity contribution in [1.82, 2.24) is 9.55 Å². The lowest BCUT2D eigenvalue weighted by atomic mass is 9.75. The van der Waals surface area contributed by atoms with E-state index in [0.29, 0.717) is 6.67 Å². The van der Waals surface area contributed by atoms with Gasteiger partial charge in [0, 0.05) is 73.5 Å². The molecule has 0 atom stereocenters. The minimum atomic E-state index is -0.220. The normalized spacial score (nSPS) is 14.3. The van der Waals surface area contributed by atoms with Crippen LogP contribution >= 0.6 is 0 Å². The van der Waals surface area contributed by atoms with Crippen molar-refractivity contribution in [1.29, 1.82) is 0 Å². The van der Waals surface area contributed by atoms with E-state index in [2.05, 4.69) is 277 Å². The number of ether oxygens (including phenoxy) is 1. The number of allylic oxidation sites excluding steroid dienone is 2. The number of anilines is 2. The quantitative estimate of drug-likeness (QED) is 0.144. The smallest absolute Gasteiger partial charge is 0.137 e. The number of benzene rings is 6. The Kier molecular flexibility index (Phi) is 12.3. The first-order valence-electron chi connectivity index (χ1n) is 25.6. The molecule has 5 heteroatoms. The van der Waals surface area contributed by atoms with Crippen LogP contribution in [0.4, 0.5) is 11.4 Å². The number of nitrogens with zero attached hydrogens (tertiary/aromatic N) is 4. The first-order chi connectivity index (χ1) is 33.2. The molecule has 0 unspecified atom stereocenters. The molecule has 0 amide bonds. The number of para-hydroxylation sites is 1. The molecular weight excluding hydrogens is 865 g/mol. The van der Waals surface area contributed by atoms with E-state index in [9.17, 15) is 0 Å². The zero-order chi connectivity index (χ0) is 51.1. The van der Waals surface area contributed by atoms with Gasteiger partial charge in [-0.15, -0.1) is 0 Å². The van der Waals surface area contributed by atoms with Gasteiger partial charge in [-0.05, 0) is 98.8 Å². The van der Waals surface area contributed by atoms with Crippen molar-refractivity contribution in [3.8, 4) is 17.3 Å². The van der Waals surface area contributed by atoms with E-state index < -0.39 is 0 Å². The van der Waals surface area contributed by atoms with Crippen LogP contribution in [0.1, 0.15) is 144 Å². The second-order valence-electron chi connectivity index (χ2n) is 25.2. The number of fused-ring (bicyclic) bond motifs is 3. The summed E-state index contributed by atoms with van der Waals surface area (Å²) in [5.74, 6) is 2.46. The molecule has 366 valence electrons. The van der Waals surface area contributed by atoms with Crippen LogP contribution in [0.25, 0.3) is 27.6 Å². The van der Waals surface area contributed by atoms with Gasteiger partial charge in [-0.3, -0.25) is 4.57 Å². The molecule has 0 saturated carbocycles. The molecule has 71 heavy (non-hydrogen) atoms. The van der Waals surface area contributed by atoms with E-state index in [1.54, 1.807) is 0 Å². The molecular formula is C66H76N4O. The van der Waals surface area contributed by atoms with Gasteiger partial charge < -0.3 is 14.5 Å². The first-order valence-corrected chi connectivity index (χ1v) is 25.6. The minimum absolute atomic E-state index is 0.0557. The van der Waals surface area contributed by atoms with Crippen molar-refractivity contribution in [3.63, 3.8) is 0 Å². The van der Waals surface area contributed by atoms with Crippen LogP contribution in [0, 0.1) is 10.8 Å². The summed E-state index contributed by atoms with van der Waals surface area (Å²) in [6.07, 6.45) is 1.95. The summed E-state index contributed by atoms with van der Waals surface area (Å²) in [5, 5.41) is 2.34. The van der Waals surface area contributed by atoms with Gasteiger partial charge in [0.1, 0.15) is 17.3 Å². The summed E-state index contributed by atoms with van der Waals surface area (Å²) < 4.78 is 9.43. The minimum Gasteiger partial charge on any atom is -0.457 e. The van der Waals surface area contributed by atoms with E-state index >= 15 is 0 Å². The number of pyridine rings is 1. The van der Waals surface area contributed by atoms with Crippen LogP contribution in [-0.4, -0.2) is 16.2 Å². The van der Waals surface area contributed by atoms with Gasteiger partial charge in [0.2, 0.25) is 0 Å². The van der Waals surface area contributed by atoms with Crippen molar-refractivity contribution in [2.24, 2.45) is 10.8 Å². The van der Waals surface area contributed by atoms with E-state index in [1.807, 2.05) is 6.20 Å². The van der Waals surface area contributed by atoms with Gasteiger partial charge in [0.25, 0.3) is 0 Å². The lowest BCUT2D eigenvalue weighted by Gasteiger charge is -2.35. The zero-order valence-electron chi connectivity index (χ0n) is 45.4. The maximum atomic E-state index is 7.13. The van der Waals surface area contributed by atoms with Crippen molar-refractivity contribution < 1.29 is 4.74 Å². The van der Waals surface area contributed by atoms with E-state index in [1.165, 1.54) is 55.8 Å². The number of hydrogen-bond donors (Lipinski definition) is 0. The molecule has 0 N–H and O–H groups in total. The van der Waals surface area contributed by atoms with E-state index in [0.717, 1.165) is 39.4 Å². The Hall–Kier alpha value is -6.59. The Bertz CT molecular complexity index is 3290. The maximum absolute atomic E-state index is 7.13. The van der Waals surface area contributed by atoms with Crippen molar-refractivity contribution >= 4 is 33.2 Å². The maximum Gasteiger partial charge on any atom is 0.137 e. The number of rotatable bonds is 9. The van der Waals surface area contributed by atoms with E-state index in [-0.39, 0.29) is 32.5 Å². The molecule has 0 fully saturated rings. The molecule has 3 heterocycles. The highest BCUT2D eigenvalue weighted by Gasteiger charge is 2.43. The van der Waals surface area contributed by atoms with Gasteiger partial charge in [0.15, 0.2) is 0 Å². The molecule has 5 nitrogen and oxygen atoms in total. The lowest BCUT2D eigenvalue weighted by Crippen LogP contribution is -2.32. The second kappa shape index (κ2) is 17.6. The van der Waals surface area contributed by atoms with Crippen molar-refractivity contribution in [2.75, 3.05) is 16.5 Å². The molecule has 0 bridgehead atoms. The predicted octanol–water partition coefficient (Wildman–Crippen LogP) is 17.8. The highest BCUT2D eigenvalue weighted by molar-refractivity contribution is 6.09. The van der Waals surface area contributed by atoms with Crippen LogP contribution in [0.2, 0.25) is 0 Å². The van der Waals surface area contributed by atoms with Gasteiger partial charge in [-0.2, -0.15) is 0 Å². The summed E-state index contributed by atoms with van der Waals surface area (Å²) in [6.45, 7) is 38.1. The molecule has 6 aromatic carbocycles. The Labute approximate surface area is 425 Å². The van der Waals surface area contributed by atoms with Crippen LogP contribution in [0.3, 0.4) is 0 Å². The summed E-state index contributed by atoms with van der Waals surface area (Å²) in [5.41, 5.74) is 13.8. The summed E-state index contributed by atoms with van der Waals surface area (Å²) in [7, 11) is 0. The fourth-order valence-electron chi connectivity index (χ4n) is 10.6. The first kappa shape index (κ1) is 49.4. The third-order valence-corrected chi connectivity index (χ3v) is 14.9. The summed E-state index contributed by atoms with van der Waals surface area (Å²) >= 11 is 0. The van der Waals surface area contributed by atoms with Gasteiger partial charge in [-0.1, -0.05) is 196 Å². The highest BCUT2D eigenvalue weighted by Crippen LogP contribution is 2.50. The fourth-order valence-corrected chi connectivity index (χ4v) is 10.6. The van der Waals surface area contributed by atoms with Crippen LogP contribution in [-0.2, 0) is 21.7 Å². The Morgan fingerprint density at radius 2 is 0.873 bits per heavy atom. The van der Waals surface area contributed by atoms with Crippen LogP contribution < -0.4 is 14.5 Å².